The molecule has 1 aliphatic heterocycles. The lowest BCUT2D eigenvalue weighted by Crippen LogP contribution is -2.45. The van der Waals surface area contributed by atoms with E-state index in [2.05, 4.69) is 10.0 Å². The molecule has 10 heteroatoms. The molecule has 0 aromatic heterocycles. The summed E-state index contributed by atoms with van der Waals surface area (Å²) in [5, 5.41) is 2.76. The van der Waals surface area contributed by atoms with Gasteiger partial charge in [-0.1, -0.05) is 30.3 Å². The Hall–Kier alpha value is -3.76. The van der Waals surface area contributed by atoms with Crippen LogP contribution < -0.4 is 29.0 Å². The van der Waals surface area contributed by atoms with Crippen molar-refractivity contribution in [3.63, 3.8) is 0 Å². The highest BCUT2D eigenvalue weighted by atomic mass is 32.2. The van der Waals surface area contributed by atoms with Crippen molar-refractivity contribution in [1.82, 2.24) is 4.72 Å². The quantitative estimate of drug-likeness (QED) is 0.480. The van der Waals surface area contributed by atoms with E-state index in [-0.39, 0.29) is 23.9 Å². The third-order valence-electron chi connectivity index (χ3n) is 5.20. The zero-order chi connectivity index (χ0) is 24.1. The average molecular weight is 485 g/mol. The Bertz CT molecular complexity index is 1280. The van der Waals surface area contributed by atoms with E-state index in [4.69, 9.17) is 18.9 Å². The van der Waals surface area contributed by atoms with Crippen molar-refractivity contribution >= 4 is 21.6 Å². The van der Waals surface area contributed by atoms with Crippen LogP contribution in [0.5, 0.6) is 23.0 Å². The zero-order valence-corrected chi connectivity index (χ0v) is 19.4. The van der Waals surface area contributed by atoms with Crippen LogP contribution in [0.15, 0.2) is 71.6 Å². The van der Waals surface area contributed by atoms with Crippen LogP contribution in [0.2, 0.25) is 0 Å². The molecule has 0 radical (unpaired) electrons. The van der Waals surface area contributed by atoms with E-state index in [0.29, 0.717) is 22.9 Å². The predicted molar refractivity (Wildman–Crippen MR) is 125 cm³/mol. The molecule has 1 atom stereocenters. The highest BCUT2D eigenvalue weighted by molar-refractivity contribution is 7.89. The second-order valence-electron chi connectivity index (χ2n) is 7.44. The van der Waals surface area contributed by atoms with Crippen LogP contribution in [0.4, 0.5) is 5.69 Å². The largest absolute Gasteiger partial charge is 0.493 e. The Morgan fingerprint density at radius 2 is 1.68 bits per heavy atom. The molecule has 0 bridgehead atoms. The first kappa shape index (κ1) is 23.4. The van der Waals surface area contributed by atoms with Crippen molar-refractivity contribution in [2.45, 2.75) is 17.4 Å². The lowest BCUT2D eigenvalue weighted by atomic mass is 10.1. The number of anilines is 1. The first-order chi connectivity index (χ1) is 16.4. The third-order valence-corrected chi connectivity index (χ3v) is 6.67. The average Bonchev–Trinajstić information content (AvgIpc) is 3.31. The number of hydrogen-bond donors (Lipinski definition) is 2. The van der Waals surface area contributed by atoms with Gasteiger partial charge in [-0.05, 0) is 36.2 Å². The number of methoxy groups -OCH3 is 2. The van der Waals surface area contributed by atoms with Gasteiger partial charge in [-0.25, -0.2) is 8.42 Å². The molecule has 1 aliphatic rings. The van der Waals surface area contributed by atoms with Crippen LogP contribution in [-0.4, -0.2) is 41.4 Å². The van der Waals surface area contributed by atoms with E-state index in [1.165, 1.54) is 32.4 Å². The Morgan fingerprint density at radius 3 is 2.41 bits per heavy atom. The van der Waals surface area contributed by atoms with Gasteiger partial charge in [0.15, 0.2) is 23.0 Å². The molecule has 0 fully saturated rings. The van der Waals surface area contributed by atoms with E-state index in [9.17, 15) is 13.2 Å². The summed E-state index contributed by atoms with van der Waals surface area (Å²) in [4.78, 5) is 13.1. The first-order valence-electron chi connectivity index (χ1n) is 10.4. The summed E-state index contributed by atoms with van der Waals surface area (Å²) < 4.78 is 49.9. The number of hydrogen-bond acceptors (Lipinski definition) is 7. The number of nitrogens with one attached hydrogen (secondary N) is 2. The molecule has 34 heavy (non-hydrogen) atoms. The van der Waals surface area contributed by atoms with Gasteiger partial charge in [0.2, 0.25) is 22.7 Å². The smallest absolute Gasteiger partial charge is 0.242 e. The molecule has 0 saturated heterocycles. The lowest BCUT2D eigenvalue weighted by molar-refractivity contribution is -0.117. The molecule has 0 unspecified atom stereocenters. The summed E-state index contributed by atoms with van der Waals surface area (Å²) in [5.74, 6) is 1.21. The van der Waals surface area contributed by atoms with Crippen LogP contribution in [0.3, 0.4) is 0 Å². The van der Waals surface area contributed by atoms with Crippen LogP contribution in [0.1, 0.15) is 5.56 Å². The van der Waals surface area contributed by atoms with Gasteiger partial charge in [0.25, 0.3) is 0 Å². The summed E-state index contributed by atoms with van der Waals surface area (Å²) in [6, 6.07) is 17.2. The molecule has 3 aromatic carbocycles. The van der Waals surface area contributed by atoms with E-state index in [0.717, 1.165) is 5.56 Å². The second-order valence-corrected chi connectivity index (χ2v) is 9.15. The zero-order valence-electron chi connectivity index (χ0n) is 18.6. The number of amides is 1. The first-order valence-corrected chi connectivity index (χ1v) is 11.9. The molecule has 4 rings (SSSR count). The standard InChI is InChI=1S/C24H24N2O7S/c1-30-20-11-9-18(14-22(20)31-2)34(28,29)26-19(12-16-6-4-3-5-7-16)24(27)25-17-8-10-21-23(13-17)33-15-32-21/h3-11,13-14,19,26H,12,15H2,1-2H3,(H,25,27)/t19-/m0/s1. The summed E-state index contributed by atoms with van der Waals surface area (Å²) in [6.45, 7) is 0.106. The van der Waals surface area contributed by atoms with Gasteiger partial charge in [-0.15, -0.1) is 0 Å². The molecule has 1 heterocycles. The van der Waals surface area contributed by atoms with Crippen molar-refractivity contribution in [1.29, 1.82) is 0 Å². The van der Waals surface area contributed by atoms with Crippen molar-refractivity contribution in [3.8, 4) is 23.0 Å². The molecular weight excluding hydrogens is 460 g/mol. The fourth-order valence-electron chi connectivity index (χ4n) is 3.48. The lowest BCUT2D eigenvalue weighted by Gasteiger charge is -2.19. The van der Waals surface area contributed by atoms with Crippen LogP contribution >= 0.6 is 0 Å². The van der Waals surface area contributed by atoms with Crippen LogP contribution in [0.25, 0.3) is 0 Å². The molecule has 3 aromatic rings. The van der Waals surface area contributed by atoms with E-state index in [1.807, 2.05) is 30.3 Å². The van der Waals surface area contributed by atoms with Crippen LogP contribution in [-0.2, 0) is 21.2 Å². The minimum Gasteiger partial charge on any atom is -0.493 e. The molecule has 178 valence electrons. The molecule has 0 spiro atoms. The van der Waals surface area contributed by atoms with E-state index in [1.54, 1.807) is 18.2 Å². The Labute approximate surface area is 197 Å². The van der Waals surface area contributed by atoms with Gasteiger partial charge in [-0.3, -0.25) is 4.79 Å². The number of sulfonamides is 1. The summed E-state index contributed by atoms with van der Waals surface area (Å²) in [7, 11) is -1.20. The maximum Gasteiger partial charge on any atom is 0.242 e. The molecular formula is C24H24N2O7S. The third kappa shape index (κ3) is 5.24. The Morgan fingerprint density at radius 1 is 0.941 bits per heavy atom. The van der Waals surface area contributed by atoms with Gasteiger partial charge >= 0.3 is 0 Å². The number of carbonyl (C=O) groups is 1. The SMILES string of the molecule is COc1ccc(S(=O)(=O)N[C@@H](Cc2ccccc2)C(=O)Nc2ccc3c(c2)OCO3)cc1OC. The van der Waals surface area contributed by atoms with Gasteiger partial charge < -0.3 is 24.3 Å². The second kappa shape index (κ2) is 10.0. The van der Waals surface area contributed by atoms with Crippen LogP contribution in [0, 0.1) is 0 Å². The number of rotatable bonds is 9. The highest BCUT2D eigenvalue weighted by Gasteiger charge is 2.27. The normalized spacial score (nSPS) is 13.2. The van der Waals surface area contributed by atoms with Gasteiger partial charge in [-0.2, -0.15) is 4.72 Å². The molecule has 0 saturated carbocycles. The Kier molecular flexibility index (Phi) is 6.90. The van der Waals surface area contributed by atoms with Crippen molar-refractivity contribution in [2.24, 2.45) is 0 Å². The maximum atomic E-state index is 13.2. The fourth-order valence-corrected chi connectivity index (χ4v) is 4.69. The predicted octanol–water partition coefficient (Wildman–Crippen LogP) is 2.96. The molecule has 9 nitrogen and oxygen atoms in total. The van der Waals surface area contributed by atoms with Gasteiger partial charge in [0, 0.05) is 17.8 Å². The summed E-state index contributed by atoms with van der Waals surface area (Å²) >= 11 is 0. The summed E-state index contributed by atoms with van der Waals surface area (Å²) in [5.41, 5.74) is 1.25. The topological polar surface area (TPSA) is 112 Å². The minimum atomic E-state index is -4.08. The van der Waals surface area contributed by atoms with Gasteiger partial charge in [0.05, 0.1) is 19.1 Å². The van der Waals surface area contributed by atoms with Crippen molar-refractivity contribution in [3.05, 3.63) is 72.3 Å². The van der Waals surface area contributed by atoms with Gasteiger partial charge in [0.1, 0.15) is 6.04 Å². The number of fused-ring (bicyclic) bond motifs is 1. The number of benzene rings is 3. The monoisotopic (exact) mass is 484 g/mol. The maximum absolute atomic E-state index is 13.2. The minimum absolute atomic E-state index is 0.0564. The Balaban J connectivity index is 1.59. The van der Waals surface area contributed by atoms with E-state index < -0.39 is 22.0 Å². The summed E-state index contributed by atoms with van der Waals surface area (Å²) in [6.07, 6.45) is 0.143. The highest BCUT2D eigenvalue weighted by Crippen LogP contribution is 2.34. The fraction of sp³-hybridized carbons (Fsp3) is 0.208. The molecule has 2 N–H and O–H groups in total. The van der Waals surface area contributed by atoms with Crippen molar-refractivity contribution in [2.75, 3.05) is 26.3 Å². The van der Waals surface area contributed by atoms with E-state index >= 15 is 0 Å². The van der Waals surface area contributed by atoms with Crippen molar-refractivity contribution < 1.29 is 32.2 Å². The number of carbonyl (C=O) groups excluding carboxylic acids is 1. The number of ether oxygens (including phenoxy) is 4. The molecule has 1 amide bonds. The molecule has 0 aliphatic carbocycles.